The lowest BCUT2D eigenvalue weighted by atomic mass is 9.90. The lowest BCUT2D eigenvalue weighted by Crippen LogP contribution is -2.17. The van der Waals surface area contributed by atoms with Gasteiger partial charge in [-0.25, -0.2) is 0 Å². The Labute approximate surface area is 178 Å². The van der Waals surface area contributed by atoms with E-state index < -0.39 is 5.91 Å². The molecule has 3 aromatic carbocycles. The molecule has 5 nitrogen and oxygen atoms in total. The zero-order chi connectivity index (χ0) is 21.1. The Balaban J connectivity index is 1.71. The van der Waals surface area contributed by atoms with Gasteiger partial charge in [0.05, 0.1) is 4.91 Å². The molecule has 1 heterocycles. The number of carbonyl (C=O) groups is 3. The normalized spacial score (nSPS) is 14.7. The van der Waals surface area contributed by atoms with E-state index >= 15 is 0 Å². The third-order valence-corrected chi connectivity index (χ3v) is 5.64. The average molecular weight is 414 g/mol. The molecule has 0 saturated carbocycles. The molecule has 6 heteroatoms. The average Bonchev–Trinajstić information content (AvgIpc) is 3.06. The minimum absolute atomic E-state index is 0.364. The maximum Gasteiger partial charge on any atom is 0.290 e. The molecule has 0 unspecified atom stereocenters. The van der Waals surface area contributed by atoms with Gasteiger partial charge < -0.3 is 5.73 Å². The fourth-order valence-electron chi connectivity index (χ4n) is 3.41. The Bertz CT molecular complexity index is 1170. The van der Waals surface area contributed by atoms with Crippen molar-refractivity contribution in [1.82, 2.24) is 5.32 Å². The van der Waals surface area contributed by atoms with E-state index in [1.54, 1.807) is 12.1 Å². The Morgan fingerprint density at radius 2 is 1.67 bits per heavy atom. The first-order valence-corrected chi connectivity index (χ1v) is 10.1. The molecule has 3 aromatic rings. The summed E-state index contributed by atoms with van der Waals surface area (Å²) in [7, 11) is 0. The first-order chi connectivity index (χ1) is 14.5. The maximum atomic E-state index is 12.0. The number of primary amides is 1. The van der Waals surface area contributed by atoms with Crippen LogP contribution in [-0.4, -0.2) is 17.1 Å². The van der Waals surface area contributed by atoms with Crippen molar-refractivity contribution < 1.29 is 14.4 Å². The number of imide groups is 1. The first kappa shape index (κ1) is 19.7. The van der Waals surface area contributed by atoms with Crippen LogP contribution in [0.2, 0.25) is 0 Å². The number of hydrogen-bond acceptors (Lipinski definition) is 4. The molecule has 1 fully saturated rings. The Morgan fingerprint density at radius 1 is 0.933 bits per heavy atom. The quantitative estimate of drug-likeness (QED) is 0.607. The van der Waals surface area contributed by atoms with Gasteiger partial charge >= 0.3 is 0 Å². The van der Waals surface area contributed by atoms with Crippen molar-refractivity contribution in [3.05, 3.63) is 100.0 Å². The van der Waals surface area contributed by atoms with Crippen LogP contribution >= 0.6 is 11.8 Å². The maximum absolute atomic E-state index is 12.0. The number of rotatable bonds is 5. The third-order valence-electron chi connectivity index (χ3n) is 4.83. The van der Waals surface area contributed by atoms with Gasteiger partial charge in [-0.2, -0.15) is 0 Å². The lowest BCUT2D eigenvalue weighted by molar-refractivity contribution is -0.115. The summed E-state index contributed by atoms with van der Waals surface area (Å²) in [6.07, 6.45) is 2.26. The van der Waals surface area contributed by atoms with E-state index in [-0.39, 0.29) is 11.1 Å². The Kier molecular flexibility index (Phi) is 5.50. The molecule has 4 rings (SSSR count). The summed E-state index contributed by atoms with van der Waals surface area (Å²) < 4.78 is 0. The number of nitrogens with two attached hydrogens (primary N) is 1. The van der Waals surface area contributed by atoms with Crippen LogP contribution < -0.4 is 11.1 Å². The van der Waals surface area contributed by atoms with Crippen LogP contribution in [0.5, 0.6) is 0 Å². The molecule has 1 aliphatic rings. The molecule has 1 saturated heterocycles. The second-order valence-electron chi connectivity index (χ2n) is 6.83. The molecular formula is C24H18N2O3S. The smallest absolute Gasteiger partial charge is 0.290 e. The summed E-state index contributed by atoms with van der Waals surface area (Å²) in [6.45, 7) is 0. The van der Waals surface area contributed by atoms with Gasteiger partial charge in [-0.15, -0.1) is 0 Å². The van der Waals surface area contributed by atoms with Crippen LogP contribution in [0, 0.1) is 0 Å². The highest BCUT2D eigenvalue weighted by Crippen LogP contribution is 2.30. The van der Waals surface area contributed by atoms with Crippen LogP contribution in [-0.2, 0) is 11.2 Å². The van der Waals surface area contributed by atoms with E-state index in [1.165, 1.54) is 0 Å². The fraction of sp³-hybridized carbons (Fsp3) is 0.0417. The van der Waals surface area contributed by atoms with Gasteiger partial charge in [-0.3, -0.25) is 19.7 Å². The second kappa shape index (κ2) is 8.39. The van der Waals surface area contributed by atoms with Gasteiger partial charge in [0.15, 0.2) is 0 Å². The predicted octanol–water partition coefficient (Wildman–Crippen LogP) is 4.37. The first-order valence-electron chi connectivity index (χ1n) is 9.32. The van der Waals surface area contributed by atoms with Crippen molar-refractivity contribution in [1.29, 1.82) is 0 Å². The molecule has 1 aliphatic heterocycles. The molecule has 3 N–H and O–H groups in total. The molecule has 148 valence electrons. The van der Waals surface area contributed by atoms with Crippen molar-refractivity contribution >= 4 is 34.9 Å². The summed E-state index contributed by atoms with van der Waals surface area (Å²) >= 11 is 0.888. The standard InChI is InChI=1S/C24H18N2O3S/c25-22(27)19-8-4-7-18(20(19)13-15-5-2-1-3-6-15)17-11-9-16(10-12-17)14-21-23(28)26-24(29)30-21/h1-12,14H,13H2,(H2,25,27)(H,26,28,29). The van der Waals surface area contributed by atoms with E-state index in [0.29, 0.717) is 16.9 Å². The van der Waals surface area contributed by atoms with Crippen molar-refractivity contribution in [2.45, 2.75) is 6.42 Å². The number of benzene rings is 3. The highest BCUT2D eigenvalue weighted by molar-refractivity contribution is 8.18. The van der Waals surface area contributed by atoms with Gasteiger partial charge in [0.1, 0.15) is 0 Å². The number of nitrogens with one attached hydrogen (secondary N) is 1. The van der Waals surface area contributed by atoms with Crippen molar-refractivity contribution in [2.24, 2.45) is 5.73 Å². The highest BCUT2D eigenvalue weighted by atomic mass is 32.2. The summed E-state index contributed by atoms with van der Waals surface area (Å²) in [5.41, 5.74) is 10.8. The zero-order valence-corrected chi connectivity index (χ0v) is 16.7. The van der Waals surface area contributed by atoms with Gasteiger partial charge in [-0.05, 0) is 58.1 Å². The minimum atomic E-state index is -0.460. The third kappa shape index (κ3) is 4.18. The summed E-state index contributed by atoms with van der Waals surface area (Å²) in [4.78, 5) is 35.5. The largest absolute Gasteiger partial charge is 0.366 e. The molecule has 0 bridgehead atoms. The van der Waals surface area contributed by atoms with Crippen LogP contribution in [0.25, 0.3) is 17.2 Å². The number of thioether (sulfide) groups is 1. The Morgan fingerprint density at radius 3 is 2.30 bits per heavy atom. The number of hydrogen-bond donors (Lipinski definition) is 2. The molecule has 30 heavy (non-hydrogen) atoms. The molecule has 0 atom stereocenters. The highest BCUT2D eigenvalue weighted by Gasteiger charge is 2.24. The summed E-state index contributed by atoms with van der Waals surface area (Å²) in [5.74, 6) is -0.841. The van der Waals surface area contributed by atoms with E-state index in [1.807, 2.05) is 66.7 Å². The minimum Gasteiger partial charge on any atom is -0.366 e. The summed E-state index contributed by atoms with van der Waals surface area (Å²) in [5, 5.41) is 1.88. The number of amides is 3. The van der Waals surface area contributed by atoms with Crippen LogP contribution in [0.3, 0.4) is 0 Å². The van der Waals surface area contributed by atoms with Crippen LogP contribution in [0.15, 0.2) is 77.7 Å². The van der Waals surface area contributed by atoms with Gasteiger partial charge in [0.25, 0.3) is 11.1 Å². The lowest BCUT2D eigenvalue weighted by Gasteiger charge is -2.14. The van der Waals surface area contributed by atoms with E-state index in [9.17, 15) is 14.4 Å². The molecular weight excluding hydrogens is 396 g/mol. The number of carbonyl (C=O) groups excluding carboxylic acids is 3. The predicted molar refractivity (Wildman–Crippen MR) is 119 cm³/mol. The second-order valence-corrected chi connectivity index (χ2v) is 7.85. The molecule has 0 aliphatic carbocycles. The zero-order valence-electron chi connectivity index (χ0n) is 15.9. The fourth-order valence-corrected chi connectivity index (χ4v) is 4.09. The monoisotopic (exact) mass is 414 g/mol. The molecule has 3 amide bonds. The van der Waals surface area contributed by atoms with Crippen molar-refractivity contribution in [3.8, 4) is 11.1 Å². The molecule has 0 spiro atoms. The van der Waals surface area contributed by atoms with E-state index in [0.717, 1.165) is 39.6 Å². The van der Waals surface area contributed by atoms with Gasteiger partial charge in [0, 0.05) is 5.56 Å². The van der Waals surface area contributed by atoms with Gasteiger partial charge in [0.2, 0.25) is 5.91 Å². The van der Waals surface area contributed by atoms with Crippen molar-refractivity contribution in [3.63, 3.8) is 0 Å². The van der Waals surface area contributed by atoms with Gasteiger partial charge in [-0.1, -0.05) is 66.7 Å². The molecule has 0 radical (unpaired) electrons. The van der Waals surface area contributed by atoms with E-state index in [2.05, 4.69) is 5.32 Å². The van der Waals surface area contributed by atoms with Crippen molar-refractivity contribution in [2.75, 3.05) is 0 Å². The molecule has 0 aromatic heterocycles. The van der Waals surface area contributed by atoms with Crippen LogP contribution in [0.1, 0.15) is 27.0 Å². The summed E-state index contributed by atoms with van der Waals surface area (Å²) in [6, 6.07) is 23.1. The SMILES string of the molecule is NC(=O)c1cccc(-c2ccc(C=C3SC(=O)NC3=O)cc2)c1Cc1ccccc1. The topological polar surface area (TPSA) is 89.3 Å². The van der Waals surface area contributed by atoms with E-state index in [4.69, 9.17) is 5.73 Å². The van der Waals surface area contributed by atoms with Crippen LogP contribution in [0.4, 0.5) is 4.79 Å². The Hall–Kier alpha value is -3.64.